The van der Waals surface area contributed by atoms with Crippen molar-refractivity contribution < 1.29 is 13.2 Å². The lowest BCUT2D eigenvalue weighted by Gasteiger charge is -2.37. The number of hydrazine groups is 1. The van der Waals surface area contributed by atoms with Gasteiger partial charge in [0.1, 0.15) is 6.17 Å². The highest BCUT2D eigenvalue weighted by atomic mass is 35.5. The van der Waals surface area contributed by atoms with E-state index in [1.807, 2.05) is 6.92 Å². The number of carbonyl (C=O) groups is 1. The van der Waals surface area contributed by atoms with Crippen molar-refractivity contribution in [3.8, 4) is 0 Å². The number of anilines is 1. The normalized spacial score (nSPS) is 16.2. The smallest absolute Gasteiger partial charge is 0.273 e. The first-order valence-corrected chi connectivity index (χ1v) is 11.2. The summed E-state index contributed by atoms with van der Waals surface area (Å²) in [6, 6.07) is 18.1. The monoisotopic (exact) mass is 461 g/mol. The van der Waals surface area contributed by atoms with Gasteiger partial charge in [-0.2, -0.15) is 0 Å². The number of para-hydroxylation sites is 1. The van der Waals surface area contributed by atoms with E-state index in [4.69, 9.17) is 23.2 Å². The fourth-order valence-electron chi connectivity index (χ4n) is 3.16. The molecule has 0 saturated heterocycles. The van der Waals surface area contributed by atoms with E-state index < -0.39 is 22.1 Å². The van der Waals surface area contributed by atoms with Gasteiger partial charge in [0.15, 0.2) is 0 Å². The van der Waals surface area contributed by atoms with Crippen molar-refractivity contribution in [1.29, 1.82) is 0 Å². The van der Waals surface area contributed by atoms with Gasteiger partial charge in [0.2, 0.25) is 0 Å². The largest absolute Gasteiger partial charge is 0.360 e. The van der Waals surface area contributed by atoms with Crippen LogP contribution in [0, 0.1) is 6.92 Å². The van der Waals surface area contributed by atoms with Crippen molar-refractivity contribution in [2.45, 2.75) is 18.0 Å². The second kappa shape index (κ2) is 7.92. The van der Waals surface area contributed by atoms with Crippen molar-refractivity contribution in [2.24, 2.45) is 0 Å². The van der Waals surface area contributed by atoms with E-state index in [2.05, 4.69) is 10.1 Å². The zero-order valence-corrected chi connectivity index (χ0v) is 18.1. The van der Waals surface area contributed by atoms with Gasteiger partial charge < -0.3 is 5.32 Å². The molecule has 1 atom stereocenters. The Balaban J connectivity index is 1.78. The molecule has 0 aliphatic carbocycles. The molecule has 1 heterocycles. The number of hydrogen-bond acceptors (Lipinski definition) is 4. The number of nitrogens with zero attached hydrogens (tertiary/aromatic N) is 1. The Bertz CT molecular complexity index is 1230. The van der Waals surface area contributed by atoms with Gasteiger partial charge in [0.05, 0.1) is 20.5 Å². The summed E-state index contributed by atoms with van der Waals surface area (Å²) in [6.07, 6.45) is -0.831. The van der Waals surface area contributed by atoms with E-state index in [0.717, 1.165) is 10.6 Å². The van der Waals surface area contributed by atoms with E-state index in [9.17, 15) is 13.2 Å². The maximum atomic E-state index is 13.2. The molecule has 1 amide bonds. The Morgan fingerprint density at radius 2 is 1.67 bits per heavy atom. The molecule has 1 aliphatic rings. The van der Waals surface area contributed by atoms with Gasteiger partial charge in [-0.15, -0.1) is 4.83 Å². The van der Waals surface area contributed by atoms with Crippen molar-refractivity contribution in [1.82, 2.24) is 9.84 Å². The van der Waals surface area contributed by atoms with E-state index in [0.29, 0.717) is 26.9 Å². The van der Waals surface area contributed by atoms with Gasteiger partial charge in [-0.3, -0.25) is 4.79 Å². The lowest BCUT2D eigenvalue weighted by atomic mass is 10.1. The minimum atomic E-state index is -4.02. The Kier molecular flexibility index (Phi) is 5.46. The van der Waals surface area contributed by atoms with Crippen molar-refractivity contribution in [3.05, 3.63) is 93.5 Å². The van der Waals surface area contributed by atoms with E-state index in [-0.39, 0.29) is 4.90 Å². The Hall–Kier alpha value is -2.58. The first kappa shape index (κ1) is 20.7. The minimum absolute atomic E-state index is 0.0487. The number of fused-ring (bicyclic) bond motifs is 1. The number of benzene rings is 3. The van der Waals surface area contributed by atoms with Crippen LogP contribution in [0.3, 0.4) is 0 Å². The topological polar surface area (TPSA) is 78.5 Å². The number of amides is 1. The molecule has 4 rings (SSSR count). The van der Waals surface area contributed by atoms with Crippen LogP contribution in [0.5, 0.6) is 0 Å². The molecule has 6 nitrogen and oxygen atoms in total. The Morgan fingerprint density at radius 1 is 0.967 bits per heavy atom. The molecular formula is C21H17Cl2N3O3S. The van der Waals surface area contributed by atoms with E-state index in [1.165, 1.54) is 12.1 Å². The molecule has 0 fully saturated rings. The third kappa shape index (κ3) is 3.89. The minimum Gasteiger partial charge on any atom is -0.360 e. The van der Waals surface area contributed by atoms with Gasteiger partial charge in [0, 0.05) is 5.69 Å². The van der Waals surface area contributed by atoms with Crippen LogP contribution in [0.25, 0.3) is 0 Å². The van der Waals surface area contributed by atoms with Gasteiger partial charge in [-0.05, 0) is 48.9 Å². The van der Waals surface area contributed by atoms with Crippen LogP contribution in [0.4, 0.5) is 5.69 Å². The van der Waals surface area contributed by atoms with Crippen molar-refractivity contribution in [2.75, 3.05) is 5.32 Å². The van der Waals surface area contributed by atoms with Crippen LogP contribution in [0.1, 0.15) is 27.7 Å². The molecule has 0 bridgehead atoms. The maximum absolute atomic E-state index is 13.2. The fourth-order valence-corrected chi connectivity index (χ4v) is 4.52. The summed E-state index contributed by atoms with van der Waals surface area (Å²) >= 11 is 12.2. The highest BCUT2D eigenvalue weighted by molar-refractivity contribution is 7.89. The zero-order chi connectivity index (χ0) is 21.5. The summed E-state index contributed by atoms with van der Waals surface area (Å²) in [5.41, 5.74) is 2.43. The highest BCUT2D eigenvalue weighted by Gasteiger charge is 2.36. The van der Waals surface area contributed by atoms with Crippen LogP contribution in [0.15, 0.2) is 71.6 Å². The molecule has 0 radical (unpaired) electrons. The summed E-state index contributed by atoms with van der Waals surface area (Å²) < 4.78 is 26.0. The van der Waals surface area contributed by atoms with Gasteiger partial charge in [0.25, 0.3) is 15.9 Å². The van der Waals surface area contributed by atoms with E-state index >= 15 is 0 Å². The molecule has 0 saturated carbocycles. The van der Waals surface area contributed by atoms with E-state index in [1.54, 1.807) is 54.6 Å². The summed E-state index contributed by atoms with van der Waals surface area (Å²) in [5, 5.41) is 4.90. The molecule has 3 aromatic carbocycles. The first-order valence-electron chi connectivity index (χ1n) is 8.99. The second-order valence-electron chi connectivity index (χ2n) is 6.85. The van der Waals surface area contributed by atoms with Crippen LogP contribution in [-0.4, -0.2) is 19.3 Å². The van der Waals surface area contributed by atoms with Crippen LogP contribution in [-0.2, 0) is 10.0 Å². The number of nitrogens with one attached hydrogen (secondary N) is 2. The molecule has 1 aliphatic heterocycles. The predicted molar refractivity (Wildman–Crippen MR) is 117 cm³/mol. The fraction of sp³-hybridized carbons (Fsp3) is 0.0952. The Morgan fingerprint density at radius 3 is 2.37 bits per heavy atom. The number of carbonyl (C=O) groups excluding carboxylic acids is 1. The average Bonchev–Trinajstić information content (AvgIpc) is 2.72. The molecule has 3 aromatic rings. The average molecular weight is 462 g/mol. The number of aryl methyl sites for hydroxylation is 1. The van der Waals surface area contributed by atoms with Crippen LogP contribution < -0.4 is 10.1 Å². The molecular weight excluding hydrogens is 445 g/mol. The Labute approximate surface area is 184 Å². The summed E-state index contributed by atoms with van der Waals surface area (Å²) in [6.45, 7) is 1.86. The third-order valence-corrected chi connectivity index (χ3v) is 6.80. The van der Waals surface area contributed by atoms with Gasteiger partial charge in [-0.25, -0.2) is 13.4 Å². The highest BCUT2D eigenvalue weighted by Crippen LogP contribution is 2.34. The summed E-state index contributed by atoms with van der Waals surface area (Å²) in [7, 11) is -4.02. The lowest BCUT2D eigenvalue weighted by Crippen LogP contribution is -2.52. The predicted octanol–water partition coefficient (Wildman–Crippen LogP) is 4.76. The molecule has 0 spiro atoms. The standard InChI is InChI=1S/C21H17Cl2N3O3S/c1-13-6-9-15(10-7-13)30(28,29)25-26-20(14-8-11-17(22)18(23)12-14)24-19-5-3-2-4-16(19)21(26)27/h2-12,20,24-25H,1H3/t20-/m0/s1. The van der Waals surface area contributed by atoms with Crippen molar-refractivity contribution >= 4 is 44.8 Å². The number of hydrogen-bond donors (Lipinski definition) is 2. The lowest BCUT2D eigenvalue weighted by molar-refractivity contribution is 0.0633. The van der Waals surface area contributed by atoms with Crippen LogP contribution >= 0.6 is 23.2 Å². The molecule has 154 valence electrons. The molecule has 0 aromatic heterocycles. The summed E-state index contributed by atoms with van der Waals surface area (Å²) in [5.74, 6) is -0.490. The van der Waals surface area contributed by atoms with Crippen molar-refractivity contribution in [3.63, 3.8) is 0 Å². The SMILES string of the molecule is Cc1ccc(S(=O)(=O)NN2C(=O)c3ccccc3N[C@@H]2c2ccc(Cl)c(Cl)c2)cc1. The third-order valence-electron chi connectivity index (χ3n) is 4.74. The second-order valence-corrected chi connectivity index (χ2v) is 9.32. The zero-order valence-electron chi connectivity index (χ0n) is 15.8. The first-order chi connectivity index (χ1) is 14.3. The molecule has 2 N–H and O–H groups in total. The quantitative estimate of drug-likeness (QED) is 0.586. The van der Waals surface area contributed by atoms with Gasteiger partial charge >= 0.3 is 0 Å². The van der Waals surface area contributed by atoms with Gasteiger partial charge in [-0.1, -0.05) is 59.1 Å². The molecule has 9 heteroatoms. The van der Waals surface area contributed by atoms with Crippen LogP contribution in [0.2, 0.25) is 10.0 Å². The number of sulfonamides is 1. The molecule has 30 heavy (non-hydrogen) atoms. The maximum Gasteiger partial charge on any atom is 0.273 e. The molecule has 0 unspecified atom stereocenters. The number of halogens is 2. The number of rotatable bonds is 4. The summed E-state index contributed by atoms with van der Waals surface area (Å²) in [4.78, 5) is 15.7.